The van der Waals surface area contributed by atoms with E-state index >= 15 is 0 Å². The number of carbonyl (C=O) groups is 1. The Morgan fingerprint density at radius 1 is 1.45 bits per heavy atom. The van der Waals surface area contributed by atoms with Gasteiger partial charge in [-0.25, -0.2) is 4.79 Å². The van der Waals surface area contributed by atoms with Gasteiger partial charge >= 0.3 is 57.4 Å². The van der Waals surface area contributed by atoms with E-state index in [-0.39, 0.29) is 52.8 Å². The smallest absolute Gasteiger partial charge is 1.00 e. The first-order valence-corrected chi connectivity index (χ1v) is 3.77. The normalized spacial score (nSPS) is 8.45. The Labute approximate surface area is 122 Å². The Balaban J connectivity index is 0. The second kappa shape index (κ2) is 5.66. The molecule has 11 heavy (non-hydrogen) atoms. The molecule has 0 fully saturated rings. The van der Waals surface area contributed by atoms with E-state index in [1.54, 1.807) is 18.2 Å². The van der Waals surface area contributed by atoms with E-state index in [9.17, 15) is 4.79 Å². The standard InChI is InChI=1S/C7H5IO2.K.H/c8-6-4-2-1-3-5(6)7(9)10;;/h1-4H,(H,9,10);;/q;+1;-1. The van der Waals surface area contributed by atoms with Gasteiger partial charge in [-0.3, -0.25) is 0 Å². The van der Waals surface area contributed by atoms with Crippen LogP contribution in [0.5, 0.6) is 0 Å². The Morgan fingerprint density at radius 2 is 2.00 bits per heavy atom. The SMILES string of the molecule is O=C(O)c1ccccc1I.[H-].[K+]. The predicted molar refractivity (Wildman–Crippen MR) is 47.2 cm³/mol. The fraction of sp³-hybridized carbons (Fsp3) is 0. The van der Waals surface area contributed by atoms with Gasteiger partial charge in [0, 0.05) is 3.57 Å². The quantitative estimate of drug-likeness (QED) is 0.537. The van der Waals surface area contributed by atoms with Crippen LogP contribution in [0.2, 0.25) is 0 Å². The van der Waals surface area contributed by atoms with Gasteiger partial charge < -0.3 is 6.53 Å². The fourth-order valence-electron chi connectivity index (χ4n) is 0.635. The summed E-state index contributed by atoms with van der Waals surface area (Å²) in [6, 6.07) is 6.88. The molecule has 0 aromatic heterocycles. The molecule has 1 aromatic carbocycles. The molecular formula is C7H6IKO2. The third kappa shape index (κ3) is 3.52. The summed E-state index contributed by atoms with van der Waals surface area (Å²) in [7, 11) is 0. The molecule has 0 unspecified atom stereocenters. The second-order valence-electron chi connectivity index (χ2n) is 1.78. The summed E-state index contributed by atoms with van der Waals surface area (Å²) in [5, 5.41) is 8.56. The number of aromatic carboxylic acids is 1. The van der Waals surface area contributed by atoms with Crippen molar-refractivity contribution in [1.29, 1.82) is 0 Å². The average Bonchev–Trinajstić information content (AvgIpc) is 1.88. The van der Waals surface area contributed by atoms with Crippen LogP contribution in [-0.4, -0.2) is 11.1 Å². The molecule has 4 heteroatoms. The molecule has 0 saturated carbocycles. The first-order valence-electron chi connectivity index (χ1n) is 2.69. The summed E-state index contributed by atoms with van der Waals surface area (Å²) in [4.78, 5) is 10.4. The van der Waals surface area contributed by atoms with E-state index in [1.807, 2.05) is 28.7 Å². The van der Waals surface area contributed by atoms with Gasteiger partial charge in [0.1, 0.15) is 0 Å². The third-order valence-electron chi connectivity index (χ3n) is 1.10. The Kier molecular flexibility index (Phi) is 6.20. The molecule has 0 saturated heterocycles. The van der Waals surface area contributed by atoms with Crippen molar-refractivity contribution >= 4 is 28.6 Å². The summed E-state index contributed by atoms with van der Waals surface area (Å²) in [6.45, 7) is 0. The van der Waals surface area contributed by atoms with E-state index in [0.29, 0.717) is 5.56 Å². The molecule has 0 aliphatic rings. The van der Waals surface area contributed by atoms with Crippen LogP contribution in [0.15, 0.2) is 24.3 Å². The van der Waals surface area contributed by atoms with Crippen molar-refractivity contribution < 1.29 is 62.7 Å². The van der Waals surface area contributed by atoms with Crippen molar-refractivity contribution in [3.8, 4) is 0 Å². The van der Waals surface area contributed by atoms with Crippen molar-refractivity contribution in [2.45, 2.75) is 0 Å². The van der Waals surface area contributed by atoms with Gasteiger partial charge in [0.2, 0.25) is 0 Å². The molecule has 0 aliphatic heterocycles. The zero-order valence-electron chi connectivity index (χ0n) is 7.04. The van der Waals surface area contributed by atoms with Crippen LogP contribution < -0.4 is 51.4 Å². The monoisotopic (exact) mass is 288 g/mol. The van der Waals surface area contributed by atoms with Crippen molar-refractivity contribution in [2.24, 2.45) is 0 Å². The summed E-state index contributed by atoms with van der Waals surface area (Å²) in [5.41, 5.74) is 0.364. The van der Waals surface area contributed by atoms with E-state index < -0.39 is 5.97 Å². The molecule has 0 aliphatic carbocycles. The predicted octanol–water partition coefficient (Wildman–Crippen LogP) is -0.894. The van der Waals surface area contributed by atoms with Gasteiger partial charge in [-0.05, 0) is 34.7 Å². The zero-order valence-corrected chi connectivity index (χ0v) is 11.3. The van der Waals surface area contributed by atoms with Crippen molar-refractivity contribution in [3.05, 3.63) is 33.4 Å². The molecule has 54 valence electrons. The van der Waals surface area contributed by atoms with Crippen LogP contribution in [0.4, 0.5) is 0 Å². The second-order valence-corrected chi connectivity index (χ2v) is 2.95. The molecule has 0 atom stereocenters. The maximum Gasteiger partial charge on any atom is 1.00 e. The molecule has 0 amide bonds. The molecule has 1 N–H and O–H groups in total. The number of benzene rings is 1. The van der Waals surface area contributed by atoms with Crippen LogP contribution in [0.3, 0.4) is 0 Å². The molecule has 0 spiro atoms. The van der Waals surface area contributed by atoms with Gasteiger partial charge in [-0.2, -0.15) is 0 Å². The molecule has 2 nitrogen and oxygen atoms in total. The summed E-state index contributed by atoms with van der Waals surface area (Å²) in [5.74, 6) is -0.870. The largest absolute Gasteiger partial charge is 1.00 e. The number of rotatable bonds is 1. The first-order chi connectivity index (χ1) is 4.72. The Morgan fingerprint density at radius 3 is 2.36 bits per heavy atom. The van der Waals surface area contributed by atoms with Crippen LogP contribution in [-0.2, 0) is 0 Å². The molecule has 1 aromatic rings. The van der Waals surface area contributed by atoms with Gasteiger partial charge in [-0.1, -0.05) is 12.1 Å². The maximum atomic E-state index is 10.4. The first kappa shape index (κ1) is 12.1. The topological polar surface area (TPSA) is 37.3 Å². The summed E-state index contributed by atoms with van der Waals surface area (Å²) >= 11 is 1.99. The molecular weight excluding hydrogens is 282 g/mol. The van der Waals surface area contributed by atoms with Crippen molar-refractivity contribution in [1.82, 2.24) is 0 Å². The molecule has 0 radical (unpaired) electrons. The Bertz CT molecular complexity index is 267. The molecule has 1 rings (SSSR count). The summed E-state index contributed by atoms with van der Waals surface area (Å²) < 4.78 is 0.771. The van der Waals surface area contributed by atoms with Crippen LogP contribution in [0, 0.1) is 3.57 Å². The van der Waals surface area contributed by atoms with Crippen molar-refractivity contribution in [3.63, 3.8) is 0 Å². The number of carboxylic acids is 1. The minimum Gasteiger partial charge on any atom is -1.00 e. The van der Waals surface area contributed by atoms with Gasteiger partial charge in [0.25, 0.3) is 0 Å². The van der Waals surface area contributed by atoms with E-state index in [2.05, 4.69) is 0 Å². The molecule has 0 heterocycles. The Hall–Kier alpha value is 1.06. The number of hydrogen-bond acceptors (Lipinski definition) is 1. The van der Waals surface area contributed by atoms with E-state index in [1.165, 1.54) is 0 Å². The van der Waals surface area contributed by atoms with Gasteiger partial charge in [0.15, 0.2) is 0 Å². The third-order valence-corrected chi connectivity index (χ3v) is 2.04. The van der Waals surface area contributed by atoms with Crippen LogP contribution in [0.25, 0.3) is 0 Å². The van der Waals surface area contributed by atoms with Crippen LogP contribution in [0.1, 0.15) is 11.8 Å². The summed E-state index contributed by atoms with van der Waals surface area (Å²) in [6.07, 6.45) is 0. The average molecular weight is 288 g/mol. The number of carboxylic acid groups (broad SMARTS) is 1. The minimum absolute atomic E-state index is 0. The van der Waals surface area contributed by atoms with E-state index in [4.69, 9.17) is 5.11 Å². The fourth-order valence-corrected chi connectivity index (χ4v) is 1.25. The maximum absolute atomic E-state index is 10.4. The zero-order chi connectivity index (χ0) is 7.56. The van der Waals surface area contributed by atoms with Gasteiger partial charge in [-0.15, -0.1) is 0 Å². The van der Waals surface area contributed by atoms with Crippen LogP contribution >= 0.6 is 22.6 Å². The number of hydrogen-bond donors (Lipinski definition) is 1. The minimum atomic E-state index is -0.870. The number of halogens is 1. The van der Waals surface area contributed by atoms with Gasteiger partial charge in [0.05, 0.1) is 5.56 Å². The van der Waals surface area contributed by atoms with E-state index in [0.717, 1.165) is 3.57 Å². The van der Waals surface area contributed by atoms with Crippen molar-refractivity contribution in [2.75, 3.05) is 0 Å². The molecule has 0 bridgehead atoms.